The van der Waals surface area contributed by atoms with Crippen LogP contribution in [0.5, 0.6) is 0 Å². The van der Waals surface area contributed by atoms with Gasteiger partial charge in [0.15, 0.2) is 5.60 Å². The van der Waals surface area contributed by atoms with E-state index in [1.165, 1.54) is 6.92 Å². The first-order valence-corrected chi connectivity index (χ1v) is 12.6. The number of anilines is 2. The van der Waals surface area contributed by atoms with E-state index >= 15 is 0 Å². The van der Waals surface area contributed by atoms with Crippen LogP contribution >= 0.6 is 0 Å². The van der Waals surface area contributed by atoms with Gasteiger partial charge in [-0.05, 0) is 37.1 Å². The zero-order chi connectivity index (χ0) is 27.3. The summed E-state index contributed by atoms with van der Waals surface area (Å²) in [6, 6.07) is 14.5. The van der Waals surface area contributed by atoms with Crippen LogP contribution in [0, 0.1) is 5.92 Å². The van der Waals surface area contributed by atoms with Crippen LogP contribution in [-0.2, 0) is 34.7 Å². The molecule has 3 aromatic rings. The number of carbonyl (C=O) groups is 2. The monoisotopic (exact) mass is 519 g/mol. The Morgan fingerprint density at radius 2 is 1.95 bits per heavy atom. The molecule has 0 unspecified atom stereocenters. The molecule has 0 spiro atoms. The van der Waals surface area contributed by atoms with Gasteiger partial charge in [0.25, 0.3) is 11.8 Å². The molecule has 1 aromatic heterocycles. The Morgan fingerprint density at radius 3 is 2.66 bits per heavy atom. The third-order valence-electron chi connectivity index (χ3n) is 6.66. The van der Waals surface area contributed by atoms with Crippen molar-refractivity contribution in [3.63, 3.8) is 0 Å². The first kappa shape index (κ1) is 27.2. The van der Waals surface area contributed by atoms with E-state index in [9.17, 15) is 19.8 Å². The number of nitrogens with zero attached hydrogens (tertiary/aromatic N) is 4. The lowest BCUT2D eigenvalue weighted by Crippen LogP contribution is -2.44. The lowest BCUT2D eigenvalue weighted by Gasteiger charge is -2.28. The molecule has 4 rings (SSSR count). The van der Waals surface area contributed by atoms with Gasteiger partial charge in [0, 0.05) is 42.9 Å². The highest BCUT2D eigenvalue weighted by atomic mass is 16.3. The molecule has 1 aliphatic heterocycles. The number of hydrogen-bond acceptors (Lipinski definition) is 7. The maximum atomic E-state index is 13.8. The Hall–Kier alpha value is -3.86. The molecular formula is C28H33N5O5. The summed E-state index contributed by atoms with van der Waals surface area (Å²) >= 11 is 0. The van der Waals surface area contributed by atoms with Crippen LogP contribution in [0.3, 0.4) is 0 Å². The zero-order valence-corrected chi connectivity index (χ0v) is 21.5. The SMILES string of the molecule is C[C@H](O)C(=O)Nc1ccc2c(c1)[C@@](O)([C@H](C)/C=C/CCn1cc(CCO)nn1)C(=O)N2Cc1ccccc1. The van der Waals surface area contributed by atoms with Crippen molar-refractivity contribution in [2.24, 2.45) is 5.92 Å². The molecule has 200 valence electrons. The van der Waals surface area contributed by atoms with Crippen molar-refractivity contribution in [1.82, 2.24) is 15.0 Å². The number of benzene rings is 2. The Bertz CT molecular complexity index is 1310. The van der Waals surface area contributed by atoms with E-state index in [0.717, 1.165) is 5.56 Å². The Kier molecular flexibility index (Phi) is 8.35. The first-order chi connectivity index (χ1) is 18.2. The number of aliphatic hydroxyl groups is 3. The van der Waals surface area contributed by atoms with Crippen molar-refractivity contribution in [1.29, 1.82) is 0 Å². The molecule has 38 heavy (non-hydrogen) atoms. The van der Waals surface area contributed by atoms with Crippen molar-refractivity contribution in [2.75, 3.05) is 16.8 Å². The summed E-state index contributed by atoms with van der Waals surface area (Å²) in [5, 5.41) is 41.2. The molecule has 10 heteroatoms. The number of aryl methyl sites for hydroxylation is 1. The predicted molar refractivity (Wildman–Crippen MR) is 142 cm³/mol. The van der Waals surface area contributed by atoms with Gasteiger partial charge in [-0.2, -0.15) is 0 Å². The zero-order valence-electron chi connectivity index (χ0n) is 21.5. The standard InChI is InChI=1S/C28H33N5O5/c1-19(8-6-7-14-32-18-23(13-15-34)30-31-32)28(38)24-16-22(29-26(36)20(2)35)11-12-25(24)33(27(28)37)17-21-9-4-3-5-10-21/h3-6,8-12,16,18-20,34-35,38H,7,13-15,17H2,1-2H3,(H,29,36)/b8-6+/t19-,20+,28+/m1/s1. The van der Waals surface area contributed by atoms with Crippen LogP contribution in [0.2, 0.25) is 0 Å². The second-order valence-corrected chi connectivity index (χ2v) is 9.49. The highest BCUT2D eigenvalue weighted by Crippen LogP contribution is 2.46. The predicted octanol–water partition coefficient (Wildman–Crippen LogP) is 2.15. The van der Waals surface area contributed by atoms with Gasteiger partial charge < -0.3 is 25.5 Å². The Labute approximate surface area is 221 Å². The van der Waals surface area contributed by atoms with E-state index in [2.05, 4.69) is 15.6 Å². The summed E-state index contributed by atoms with van der Waals surface area (Å²) in [7, 11) is 0. The van der Waals surface area contributed by atoms with E-state index in [0.29, 0.717) is 42.0 Å². The normalized spacial score (nSPS) is 18.6. The van der Waals surface area contributed by atoms with Gasteiger partial charge in [-0.25, -0.2) is 0 Å². The molecule has 2 heterocycles. The third-order valence-corrected chi connectivity index (χ3v) is 6.66. The Morgan fingerprint density at radius 1 is 1.18 bits per heavy atom. The van der Waals surface area contributed by atoms with Gasteiger partial charge in [0.1, 0.15) is 6.10 Å². The Balaban J connectivity index is 1.58. The molecule has 4 N–H and O–H groups in total. The van der Waals surface area contributed by atoms with Crippen LogP contribution in [0.4, 0.5) is 11.4 Å². The van der Waals surface area contributed by atoms with E-state index in [1.807, 2.05) is 36.4 Å². The van der Waals surface area contributed by atoms with Gasteiger partial charge in [0.2, 0.25) is 0 Å². The van der Waals surface area contributed by atoms with E-state index in [1.54, 1.807) is 47.0 Å². The van der Waals surface area contributed by atoms with Crippen LogP contribution in [0.25, 0.3) is 0 Å². The molecule has 10 nitrogen and oxygen atoms in total. The molecule has 2 aromatic carbocycles. The minimum atomic E-state index is -1.85. The second-order valence-electron chi connectivity index (χ2n) is 9.49. The number of fused-ring (bicyclic) bond motifs is 1. The lowest BCUT2D eigenvalue weighted by molar-refractivity contribution is -0.139. The van der Waals surface area contributed by atoms with E-state index < -0.39 is 29.4 Å². The number of hydrogen-bond donors (Lipinski definition) is 4. The summed E-state index contributed by atoms with van der Waals surface area (Å²) in [6.45, 7) is 3.99. The minimum Gasteiger partial charge on any atom is -0.396 e. The lowest BCUT2D eigenvalue weighted by atomic mass is 9.82. The van der Waals surface area contributed by atoms with E-state index in [-0.39, 0.29) is 13.2 Å². The molecule has 0 radical (unpaired) electrons. The maximum Gasteiger partial charge on any atom is 0.264 e. The quantitative estimate of drug-likeness (QED) is 0.285. The summed E-state index contributed by atoms with van der Waals surface area (Å²) in [5.41, 5.74) is 1.11. The smallest absolute Gasteiger partial charge is 0.264 e. The largest absolute Gasteiger partial charge is 0.396 e. The number of aromatic nitrogens is 3. The minimum absolute atomic E-state index is 0.00983. The van der Waals surface area contributed by atoms with Gasteiger partial charge >= 0.3 is 0 Å². The topological polar surface area (TPSA) is 141 Å². The van der Waals surface area contributed by atoms with Crippen LogP contribution in [0.1, 0.15) is 37.1 Å². The average molecular weight is 520 g/mol. The van der Waals surface area contributed by atoms with Crippen LogP contribution in [-0.4, -0.2) is 54.8 Å². The summed E-state index contributed by atoms with van der Waals surface area (Å²) < 4.78 is 1.68. The van der Waals surface area contributed by atoms with Crippen molar-refractivity contribution in [2.45, 2.75) is 51.5 Å². The summed E-state index contributed by atoms with van der Waals surface area (Å²) in [6.07, 6.45) is 5.32. The number of aliphatic hydroxyl groups excluding tert-OH is 2. The molecule has 0 fully saturated rings. The fourth-order valence-electron chi connectivity index (χ4n) is 4.52. The second kappa shape index (κ2) is 11.7. The van der Waals surface area contributed by atoms with Crippen molar-refractivity contribution in [3.05, 3.63) is 83.7 Å². The van der Waals surface area contributed by atoms with Gasteiger partial charge in [-0.3, -0.25) is 14.3 Å². The van der Waals surface area contributed by atoms with Crippen molar-refractivity contribution in [3.8, 4) is 0 Å². The van der Waals surface area contributed by atoms with Gasteiger partial charge in [-0.15, -0.1) is 5.10 Å². The number of allylic oxidation sites excluding steroid dienone is 1. The number of nitrogens with one attached hydrogen (secondary N) is 1. The summed E-state index contributed by atoms with van der Waals surface area (Å²) in [4.78, 5) is 27.4. The van der Waals surface area contributed by atoms with Gasteiger partial charge in [0.05, 0.1) is 17.9 Å². The average Bonchev–Trinajstić information content (AvgIpc) is 3.44. The number of carbonyl (C=O) groups excluding carboxylic acids is 2. The first-order valence-electron chi connectivity index (χ1n) is 12.6. The van der Waals surface area contributed by atoms with E-state index in [4.69, 9.17) is 5.11 Å². The highest BCUT2D eigenvalue weighted by Gasteiger charge is 2.52. The van der Waals surface area contributed by atoms with Crippen molar-refractivity contribution >= 4 is 23.2 Å². The fourth-order valence-corrected chi connectivity index (χ4v) is 4.52. The van der Waals surface area contributed by atoms with Crippen molar-refractivity contribution < 1.29 is 24.9 Å². The highest BCUT2D eigenvalue weighted by molar-refractivity contribution is 6.08. The molecule has 0 bridgehead atoms. The van der Waals surface area contributed by atoms with Crippen LogP contribution in [0.15, 0.2) is 66.9 Å². The summed E-state index contributed by atoms with van der Waals surface area (Å²) in [5.74, 6) is -1.61. The number of rotatable bonds is 11. The molecular weight excluding hydrogens is 486 g/mol. The molecule has 3 atom stereocenters. The number of amides is 2. The molecule has 0 aliphatic carbocycles. The van der Waals surface area contributed by atoms with Crippen LogP contribution < -0.4 is 10.2 Å². The maximum absolute atomic E-state index is 13.8. The molecule has 0 saturated heterocycles. The fraction of sp³-hybridized carbons (Fsp3) is 0.357. The van der Waals surface area contributed by atoms with Gasteiger partial charge in [-0.1, -0.05) is 54.6 Å². The third kappa shape index (κ3) is 5.67. The molecule has 1 aliphatic rings. The molecule has 0 saturated carbocycles. The molecule has 2 amide bonds.